The summed E-state index contributed by atoms with van der Waals surface area (Å²) < 4.78 is 0. The molecule has 0 atom stereocenters. The number of piperazine rings is 1. The number of imide groups is 1. The van der Waals surface area contributed by atoms with Gasteiger partial charge in [0, 0.05) is 24.3 Å². The van der Waals surface area contributed by atoms with E-state index in [-0.39, 0.29) is 30.7 Å². The van der Waals surface area contributed by atoms with Crippen molar-refractivity contribution < 1.29 is 19.3 Å². The predicted octanol–water partition coefficient (Wildman–Crippen LogP) is 1.04. The Morgan fingerprint density at radius 2 is 1.57 bits per heavy atom. The van der Waals surface area contributed by atoms with E-state index in [1.807, 2.05) is 24.3 Å². The third-order valence-electron chi connectivity index (χ3n) is 5.80. The average molecular weight is 407 g/mol. The first-order chi connectivity index (χ1) is 14.5. The Balaban J connectivity index is 1.25. The summed E-state index contributed by atoms with van der Waals surface area (Å²) in [7, 11) is 2.21. The Hall–Kier alpha value is -3.19. The van der Waals surface area contributed by atoms with Crippen molar-refractivity contribution in [3.05, 3.63) is 59.7 Å². The molecular weight excluding hydrogens is 380 g/mol. The van der Waals surface area contributed by atoms with Crippen molar-refractivity contribution in [2.24, 2.45) is 0 Å². The zero-order chi connectivity index (χ0) is 21.1. The summed E-state index contributed by atoms with van der Waals surface area (Å²) in [5.41, 5.74) is 2.80. The van der Waals surface area contributed by atoms with Crippen molar-refractivity contribution in [2.45, 2.75) is 12.8 Å². The van der Waals surface area contributed by atoms with E-state index in [1.54, 1.807) is 29.2 Å². The zero-order valence-electron chi connectivity index (χ0n) is 17.2. The molecule has 2 aliphatic rings. The minimum Gasteiger partial charge on any atom is -0.360 e. The molecule has 7 nitrogen and oxygen atoms in total. The van der Waals surface area contributed by atoms with Crippen LogP contribution in [0.25, 0.3) is 0 Å². The maximum Gasteiger partial charge on any atom is 0.261 e. The number of nitrogens with one attached hydrogen (secondary N) is 2. The first-order valence-corrected chi connectivity index (χ1v) is 10.4. The second kappa shape index (κ2) is 8.67. The van der Waals surface area contributed by atoms with Crippen LogP contribution in [0.3, 0.4) is 0 Å². The highest BCUT2D eigenvalue weighted by Gasteiger charge is 2.34. The molecule has 156 valence electrons. The maximum atomic E-state index is 12.4. The molecular formula is C23H27N4O3+. The van der Waals surface area contributed by atoms with E-state index in [4.69, 9.17) is 0 Å². The normalized spacial score (nSPS) is 16.7. The van der Waals surface area contributed by atoms with Crippen molar-refractivity contribution in [1.29, 1.82) is 0 Å². The van der Waals surface area contributed by atoms with Crippen LogP contribution < -0.4 is 15.1 Å². The molecule has 0 aliphatic carbocycles. The van der Waals surface area contributed by atoms with Gasteiger partial charge in [-0.05, 0) is 42.8 Å². The lowest BCUT2D eigenvalue weighted by Gasteiger charge is -2.31. The summed E-state index contributed by atoms with van der Waals surface area (Å²) in [6.45, 7) is 4.58. The molecule has 3 amide bonds. The zero-order valence-corrected chi connectivity index (χ0v) is 17.2. The van der Waals surface area contributed by atoms with Gasteiger partial charge in [0.1, 0.15) is 0 Å². The van der Waals surface area contributed by atoms with Gasteiger partial charge in [-0.25, -0.2) is 0 Å². The van der Waals surface area contributed by atoms with Gasteiger partial charge < -0.3 is 15.1 Å². The molecule has 0 bridgehead atoms. The molecule has 2 N–H and O–H groups in total. The van der Waals surface area contributed by atoms with E-state index in [0.717, 1.165) is 31.9 Å². The number of nitrogens with zero attached hydrogens (tertiary/aromatic N) is 2. The largest absolute Gasteiger partial charge is 0.360 e. The van der Waals surface area contributed by atoms with Gasteiger partial charge >= 0.3 is 0 Å². The van der Waals surface area contributed by atoms with Gasteiger partial charge in [0.05, 0.1) is 44.4 Å². The Morgan fingerprint density at radius 1 is 0.967 bits per heavy atom. The molecule has 0 aromatic heterocycles. The number of amides is 3. The number of carbonyl (C=O) groups excluding carboxylic acids is 3. The lowest BCUT2D eigenvalue weighted by molar-refractivity contribution is -0.880. The molecule has 7 heteroatoms. The molecule has 2 heterocycles. The van der Waals surface area contributed by atoms with Crippen molar-refractivity contribution in [3.8, 4) is 0 Å². The maximum absolute atomic E-state index is 12.4. The number of rotatable bonds is 6. The minimum atomic E-state index is -0.280. The fraction of sp³-hybridized carbons (Fsp3) is 0.348. The Morgan fingerprint density at radius 3 is 2.17 bits per heavy atom. The Kier molecular flexibility index (Phi) is 5.81. The molecule has 4 rings (SSSR count). The first-order valence-electron chi connectivity index (χ1n) is 10.4. The van der Waals surface area contributed by atoms with E-state index in [9.17, 15) is 14.4 Å². The summed E-state index contributed by atoms with van der Waals surface area (Å²) in [4.78, 5) is 42.1. The fourth-order valence-electron chi connectivity index (χ4n) is 3.97. The van der Waals surface area contributed by atoms with E-state index in [1.165, 1.54) is 10.6 Å². The average Bonchev–Trinajstić information content (AvgIpc) is 3.00. The molecule has 2 aromatic rings. The molecule has 2 aliphatic heterocycles. The van der Waals surface area contributed by atoms with Crippen molar-refractivity contribution in [2.75, 3.05) is 50.0 Å². The second-order valence-electron chi connectivity index (χ2n) is 7.95. The topological polar surface area (TPSA) is 74.2 Å². The van der Waals surface area contributed by atoms with Gasteiger partial charge in [-0.1, -0.05) is 12.1 Å². The van der Waals surface area contributed by atoms with Crippen LogP contribution in [-0.4, -0.2) is 62.4 Å². The SMILES string of the molecule is C[NH+]1CCN(c2ccc(NC(=O)CCCN3C(=O)c4ccccc4C3=O)cc2)CC1. The predicted molar refractivity (Wildman–Crippen MR) is 115 cm³/mol. The standard InChI is InChI=1S/C23H26N4O3/c1-25-13-15-26(16-14-25)18-10-8-17(9-11-18)24-21(28)7-4-12-27-22(29)19-5-2-3-6-20(19)23(27)30/h2-3,5-6,8-11H,4,7,12-16H2,1H3,(H,24,28)/p+1. The number of fused-ring (bicyclic) bond motifs is 1. The van der Waals surface area contributed by atoms with E-state index >= 15 is 0 Å². The van der Waals surface area contributed by atoms with Crippen LogP contribution >= 0.6 is 0 Å². The van der Waals surface area contributed by atoms with E-state index in [2.05, 4.69) is 17.3 Å². The number of carbonyl (C=O) groups is 3. The molecule has 2 aromatic carbocycles. The number of anilines is 2. The summed E-state index contributed by atoms with van der Waals surface area (Å²) >= 11 is 0. The van der Waals surface area contributed by atoms with Crippen LogP contribution in [0.5, 0.6) is 0 Å². The Bertz CT molecular complexity index is 914. The highest BCUT2D eigenvalue weighted by Crippen LogP contribution is 2.23. The Labute approximate surface area is 176 Å². The van der Waals surface area contributed by atoms with Crippen LogP contribution in [0.1, 0.15) is 33.6 Å². The van der Waals surface area contributed by atoms with Gasteiger partial charge in [0.25, 0.3) is 11.8 Å². The number of quaternary nitrogens is 1. The highest BCUT2D eigenvalue weighted by molar-refractivity contribution is 6.21. The van der Waals surface area contributed by atoms with E-state index < -0.39 is 0 Å². The lowest BCUT2D eigenvalue weighted by atomic mass is 10.1. The van der Waals surface area contributed by atoms with Crippen LogP contribution in [0, 0.1) is 0 Å². The van der Waals surface area contributed by atoms with E-state index in [0.29, 0.717) is 17.5 Å². The van der Waals surface area contributed by atoms with Crippen molar-refractivity contribution in [1.82, 2.24) is 4.90 Å². The third-order valence-corrected chi connectivity index (χ3v) is 5.80. The van der Waals surface area contributed by atoms with Crippen LogP contribution in [-0.2, 0) is 4.79 Å². The van der Waals surface area contributed by atoms with Gasteiger partial charge in [-0.2, -0.15) is 0 Å². The fourth-order valence-corrected chi connectivity index (χ4v) is 3.97. The highest BCUT2D eigenvalue weighted by atomic mass is 16.2. The van der Waals surface area contributed by atoms with Crippen LogP contribution in [0.4, 0.5) is 11.4 Å². The van der Waals surface area contributed by atoms with Crippen LogP contribution in [0.2, 0.25) is 0 Å². The van der Waals surface area contributed by atoms with Gasteiger partial charge in [-0.15, -0.1) is 0 Å². The number of benzene rings is 2. The lowest BCUT2D eigenvalue weighted by Crippen LogP contribution is -3.12. The summed E-state index contributed by atoms with van der Waals surface area (Å²) in [6.07, 6.45) is 0.676. The van der Waals surface area contributed by atoms with Crippen LogP contribution in [0.15, 0.2) is 48.5 Å². The minimum absolute atomic E-state index is 0.123. The molecule has 0 unspecified atom stereocenters. The van der Waals surface area contributed by atoms with Crippen molar-refractivity contribution >= 4 is 29.1 Å². The molecule has 1 saturated heterocycles. The third kappa shape index (κ3) is 4.21. The second-order valence-corrected chi connectivity index (χ2v) is 7.95. The van der Waals surface area contributed by atoms with Gasteiger partial charge in [0.2, 0.25) is 5.91 Å². The summed E-state index contributed by atoms with van der Waals surface area (Å²) in [5, 5.41) is 2.89. The first kappa shape index (κ1) is 20.1. The smallest absolute Gasteiger partial charge is 0.261 e. The molecule has 0 saturated carbocycles. The summed E-state index contributed by atoms with van der Waals surface area (Å²) in [6, 6.07) is 14.7. The summed E-state index contributed by atoms with van der Waals surface area (Å²) in [5.74, 6) is -0.684. The molecule has 0 spiro atoms. The molecule has 30 heavy (non-hydrogen) atoms. The number of hydrogen-bond acceptors (Lipinski definition) is 4. The quantitative estimate of drug-likeness (QED) is 0.702. The van der Waals surface area contributed by atoms with Gasteiger partial charge in [-0.3, -0.25) is 19.3 Å². The number of likely N-dealkylation sites (N-methyl/N-ethyl adjacent to an activating group) is 1. The van der Waals surface area contributed by atoms with Gasteiger partial charge in [0.15, 0.2) is 0 Å². The monoisotopic (exact) mass is 407 g/mol. The molecule has 1 fully saturated rings. The molecule has 0 radical (unpaired) electrons. The number of hydrogen-bond donors (Lipinski definition) is 2. The van der Waals surface area contributed by atoms with Crippen molar-refractivity contribution in [3.63, 3.8) is 0 Å².